The van der Waals surface area contributed by atoms with Crippen molar-refractivity contribution in [3.8, 4) is 0 Å². The Balaban J connectivity index is 1.84. The van der Waals surface area contributed by atoms with E-state index in [1.807, 2.05) is 49.4 Å². The van der Waals surface area contributed by atoms with Crippen molar-refractivity contribution in [2.45, 2.75) is 51.2 Å². The van der Waals surface area contributed by atoms with Crippen LogP contribution in [-0.4, -0.2) is 41.4 Å². The molecule has 3 aromatic carbocycles. The molecule has 35 heavy (non-hydrogen) atoms. The number of rotatable bonds is 12. The molecule has 0 aromatic heterocycles. The van der Waals surface area contributed by atoms with Crippen LogP contribution in [0.4, 0.5) is 0 Å². The maximum atomic E-state index is 13.3. The van der Waals surface area contributed by atoms with Crippen LogP contribution in [-0.2, 0) is 22.6 Å². The van der Waals surface area contributed by atoms with Crippen molar-refractivity contribution in [1.29, 1.82) is 0 Å². The first kappa shape index (κ1) is 26.1. The SMILES string of the molecule is CCCC[C@H](NC(=O)[C@H](Cc1ccc2ccccc2c1)NC(=O)c1ccc(CN)cc1)C(=O)CO. The summed E-state index contributed by atoms with van der Waals surface area (Å²) >= 11 is 0. The minimum atomic E-state index is -0.909. The number of fused-ring (bicyclic) bond motifs is 1. The van der Waals surface area contributed by atoms with Crippen molar-refractivity contribution < 1.29 is 19.5 Å². The predicted molar refractivity (Wildman–Crippen MR) is 137 cm³/mol. The molecule has 0 fully saturated rings. The molecule has 0 bridgehead atoms. The lowest BCUT2D eigenvalue weighted by molar-refractivity contribution is -0.130. The van der Waals surface area contributed by atoms with Crippen LogP contribution < -0.4 is 16.4 Å². The number of ketones is 1. The zero-order valence-corrected chi connectivity index (χ0v) is 20.0. The standard InChI is InChI=1S/C28H33N3O4/c1-2-3-8-24(26(33)18-32)30-28(35)25(31-27(34)22-13-9-19(17-29)10-14-22)16-20-11-12-21-6-4-5-7-23(21)15-20/h4-7,9-15,24-25,32H,2-3,8,16-18,29H2,1H3,(H,30,35)(H,31,34)/t24-,25-/m0/s1. The molecular weight excluding hydrogens is 442 g/mol. The number of aliphatic hydroxyl groups excluding tert-OH is 1. The summed E-state index contributed by atoms with van der Waals surface area (Å²) in [6.07, 6.45) is 2.25. The third kappa shape index (κ3) is 7.21. The largest absolute Gasteiger partial charge is 0.389 e. The lowest BCUT2D eigenvalue weighted by atomic mass is 9.99. The van der Waals surface area contributed by atoms with E-state index < -0.39 is 36.3 Å². The van der Waals surface area contributed by atoms with Gasteiger partial charge in [0.1, 0.15) is 12.6 Å². The number of carbonyl (C=O) groups is 3. The van der Waals surface area contributed by atoms with E-state index in [2.05, 4.69) is 10.6 Å². The number of benzene rings is 3. The van der Waals surface area contributed by atoms with E-state index in [0.29, 0.717) is 18.5 Å². The lowest BCUT2D eigenvalue weighted by Gasteiger charge is -2.23. The monoisotopic (exact) mass is 475 g/mol. The van der Waals surface area contributed by atoms with Crippen LogP contribution in [0.25, 0.3) is 10.8 Å². The van der Waals surface area contributed by atoms with Crippen molar-refractivity contribution in [2.24, 2.45) is 5.73 Å². The summed E-state index contributed by atoms with van der Waals surface area (Å²) < 4.78 is 0. The first-order chi connectivity index (χ1) is 16.9. The Labute approximate surface area is 205 Å². The number of nitrogens with two attached hydrogens (primary N) is 1. The van der Waals surface area contributed by atoms with Gasteiger partial charge in [0, 0.05) is 18.5 Å². The third-order valence-electron chi connectivity index (χ3n) is 6.03. The molecule has 7 nitrogen and oxygen atoms in total. The van der Waals surface area contributed by atoms with Crippen LogP contribution in [0.5, 0.6) is 0 Å². The smallest absolute Gasteiger partial charge is 0.251 e. The quantitative estimate of drug-likeness (QED) is 0.321. The van der Waals surface area contributed by atoms with E-state index in [-0.39, 0.29) is 6.42 Å². The van der Waals surface area contributed by atoms with Crippen LogP contribution in [0.1, 0.15) is 47.7 Å². The van der Waals surface area contributed by atoms with Gasteiger partial charge in [0.15, 0.2) is 5.78 Å². The first-order valence-corrected chi connectivity index (χ1v) is 12.0. The highest BCUT2D eigenvalue weighted by Gasteiger charge is 2.27. The maximum absolute atomic E-state index is 13.3. The second-order valence-electron chi connectivity index (χ2n) is 8.64. The van der Waals surface area contributed by atoms with Gasteiger partial charge in [-0.15, -0.1) is 0 Å². The van der Waals surface area contributed by atoms with E-state index in [1.54, 1.807) is 24.3 Å². The van der Waals surface area contributed by atoms with Crippen molar-refractivity contribution >= 4 is 28.4 Å². The Morgan fingerprint density at radius 1 is 0.886 bits per heavy atom. The number of Topliss-reactive ketones (excluding diaryl/α,β-unsaturated/α-hetero) is 1. The second-order valence-corrected chi connectivity index (χ2v) is 8.64. The molecule has 184 valence electrons. The molecule has 0 radical (unpaired) electrons. The molecule has 0 heterocycles. The molecule has 0 unspecified atom stereocenters. The van der Waals surface area contributed by atoms with Crippen molar-refractivity contribution in [3.05, 3.63) is 83.4 Å². The van der Waals surface area contributed by atoms with Gasteiger partial charge in [0.05, 0.1) is 6.04 Å². The summed E-state index contributed by atoms with van der Waals surface area (Å²) in [5.41, 5.74) is 7.82. The van der Waals surface area contributed by atoms with Gasteiger partial charge in [-0.2, -0.15) is 0 Å². The molecule has 0 aliphatic carbocycles. The summed E-state index contributed by atoms with van der Waals surface area (Å²) in [6, 6.07) is 19.0. The van der Waals surface area contributed by atoms with E-state index in [0.717, 1.165) is 34.7 Å². The fraction of sp³-hybridized carbons (Fsp3) is 0.321. The van der Waals surface area contributed by atoms with Gasteiger partial charge in [-0.05, 0) is 40.5 Å². The number of hydrogen-bond acceptors (Lipinski definition) is 5. The van der Waals surface area contributed by atoms with Gasteiger partial charge < -0.3 is 21.5 Å². The topological polar surface area (TPSA) is 122 Å². The number of nitrogens with one attached hydrogen (secondary N) is 2. The molecule has 2 atom stereocenters. The number of amides is 2. The van der Waals surface area contributed by atoms with E-state index >= 15 is 0 Å². The average molecular weight is 476 g/mol. The highest BCUT2D eigenvalue weighted by molar-refractivity contribution is 5.98. The van der Waals surface area contributed by atoms with Crippen molar-refractivity contribution in [3.63, 3.8) is 0 Å². The fourth-order valence-electron chi connectivity index (χ4n) is 3.95. The van der Waals surface area contributed by atoms with Crippen molar-refractivity contribution in [2.75, 3.05) is 6.61 Å². The molecule has 7 heteroatoms. The van der Waals surface area contributed by atoms with Crippen LogP contribution in [0.15, 0.2) is 66.7 Å². The Morgan fingerprint density at radius 3 is 2.23 bits per heavy atom. The van der Waals surface area contributed by atoms with E-state index in [9.17, 15) is 19.5 Å². The van der Waals surface area contributed by atoms with Gasteiger partial charge >= 0.3 is 0 Å². The molecule has 3 aromatic rings. The maximum Gasteiger partial charge on any atom is 0.251 e. The Hall–Kier alpha value is -3.55. The van der Waals surface area contributed by atoms with Crippen molar-refractivity contribution in [1.82, 2.24) is 10.6 Å². The van der Waals surface area contributed by atoms with Crippen LogP contribution in [0.2, 0.25) is 0 Å². The first-order valence-electron chi connectivity index (χ1n) is 12.0. The molecule has 5 N–H and O–H groups in total. The third-order valence-corrected chi connectivity index (χ3v) is 6.03. The fourth-order valence-corrected chi connectivity index (χ4v) is 3.95. The summed E-state index contributed by atoms with van der Waals surface area (Å²) in [5.74, 6) is -1.30. The van der Waals surface area contributed by atoms with Gasteiger partial charge in [-0.25, -0.2) is 0 Å². The molecule has 0 aliphatic rings. The molecule has 0 saturated carbocycles. The number of aliphatic hydroxyl groups is 1. The summed E-state index contributed by atoms with van der Waals surface area (Å²) in [6.45, 7) is 1.71. The zero-order chi connectivity index (χ0) is 25.2. The van der Waals surface area contributed by atoms with Gasteiger partial charge in [0.25, 0.3) is 5.91 Å². The van der Waals surface area contributed by atoms with Crippen LogP contribution in [0, 0.1) is 0 Å². The highest BCUT2D eigenvalue weighted by Crippen LogP contribution is 2.17. The Bertz CT molecular complexity index is 1160. The number of unbranched alkanes of at least 4 members (excludes halogenated alkanes) is 1. The molecule has 2 amide bonds. The van der Waals surface area contributed by atoms with Gasteiger partial charge in [0.2, 0.25) is 5.91 Å². The summed E-state index contributed by atoms with van der Waals surface area (Å²) in [7, 11) is 0. The van der Waals surface area contributed by atoms with E-state index in [4.69, 9.17) is 5.73 Å². The summed E-state index contributed by atoms with van der Waals surface area (Å²) in [4.78, 5) is 38.5. The average Bonchev–Trinajstić information content (AvgIpc) is 2.89. The summed E-state index contributed by atoms with van der Waals surface area (Å²) in [5, 5.41) is 17.0. The molecule has 3 rings (SSSR count). The lowest BCUT2D eigenvalue weighted by Crippen LogP contribution is -2.52. The molecule has 0 aliphatic heterocycles. The van der Waals surface area contributed by atoms with E-state index in [1.165, 1.54) is 0 Å². The Morgan fingerprint density at radius 2 is 1.57 bits per heavy atom. The normalized spacial score (nSPS) is 12.7. The molecule has 0 spiro atoms. The minimum absolute atomic E-state index is 0.247. The Kier molecular flexibility index (Phi) is 9.52. The van der Waals surface area contributed by atoms with Gasteiger partial charge in [-0.3, -0.25) is 14.4 Å². The number of hydrogen-bond donors (Lipinski definition) is 4. The molecular formula is C28H33N3O4. The van der Waals surface area contributed by atoms with Crippen LogP contribution >= 0.6 is 0 Å². The highest BCUT2D eigenvalue weighted by atomic mass is 16.3. The second kappa shape index (κ2) is 12.8. The molecule has 0 saturated heterocycles. The van der Waals surface area contributed by atoms with Gasteiger partial charge in [-0.1, -0.05) is 74.4 Å². The minimum Gasteiger partial charge on any atom is -0.389 e. The predicted octanol–water partition coefficient (Wildman–Crippen LogP) is 2.88. The van der Waals surface area contributed by atoms with Crippen LogP contribution in [0.3, 0.4) is 0 Å². The number of carbonyl (C=O) groups excluding carboxylic acids is 3. The zero-order valence-electron chi connectivity index (χ0n) is 20.0.